The molecule has 0 radical (unpaired) electrons. The summed E-state index contributed by atoms with van der Waals surface area (Å²) in [7, 11) is 0. The molecule has 1 rings (SSSR count). The van der Waals surface area contributed by atoms with E-state index in [4.69, 9.17) is 0 Å². The minimum atomic E-state index is -0.164. The van der Waals surface area contributed by atoms with E-state index in [1.165, 1.54) is 17.7 Å². The van der Waals surface area contributed by atoms with Crippen LogP contribution in [0.4, 0.5) is 4.39 Å². The average molecular weight is 237 g/mol. The zero-order valence-corrected chi connectivity index (χ0v) is 11.4. The summed E-state index contributed by atoms with van der Waals surface area (Å²) in [6.45, 7) is 9.92. The van der Waals surface area contributed by atoms with Gasteiger partial charge in [-0.25, -0.2) is 4.39 Å². The molecule has 1 aromatic carbocycles. The van der Waals surface area contributed by atoms with Gasteiger partial charge in [0.25, 0.3) is 0 Å². The van der Waals surface area contributed by atoms with Crippen molar-refractivity contribution < 1.29 is 4.39 Å². The summed E-state index contributed by atoms with van der Waals surface area (Å²) in [6, 6.07) is 7.25. The van der Waals surface area contributed by atoms with Gasteiger partial charge in [-0.3, -0.25) is 0 Å². The summed E-state index contributed by atoms with van der Waals surface area (Å²) < 4.78 is 12.8. The fourth-order valence-electron chi connectivity index (χ4n) is 1.86. The van der Waals surface area contributed by atoms with Crippen LogP contribution in [0.3, 0.4) is 0 Å². The molecule has 1 atom stereocenters. The molecule has 1 aromatic rings. The Bertz CT molecular complexity index is 324. The van der Waals surface area contributed by atoms with Crippen LogP contribution in [0.2, 0.25) is 0 Å². The lowest BCUT2D eigenvalue weighted by atomic mass is 9.83. The molecule has 96 valence electrons. The van der Waals surface area contributed by atoms with Gasteiger partial charge >= 0.3 is 0 Å². The highest BCUT2D eigenvalue weighted by atomic mass is 19.1. The lowest BCUT2D eigenvalue weighted by Gasteiger charge is -2.32. The zero-order valence-electron chi connectivity index (χ0n) is 11.4. The fraction of sp³-hybridized carbons (Fsp3) is 0.600. The maximum absolute atomic E-state index is 12.8. The Morgan fingerprint density at radius 1 is 1.18 bits per heavy atom. The molecule has 0 aliphatic rings. The van der Waals surface area contributed by atoms with Crippen LogP contribution >= 0.6 is 0 Å². The minimum Gasteiger partial charge on any atom is -0.313 e. The first kappa shape index (κ1) is 14.2. The SMILES string of the molecule is CCCNC(Cc1ccc(F)cc1)C(C)(C)C. The van der Waals surface area contributed by atoms with E-state index in [-0.39, 0.29) is 11.2 Å². The second kappa shape index (κ2) is 6.15. The van der Waals surface area contributed by atoms with Gasteiger partial charge in [0.1, 0.15) is 5.82 Å². The van der Waals surface area contributed by atoms with E-state index in [2.05, 4.69) is 33.0 Å². The molecule has 1 nitrogen and oxygen atoms in total. The van der Waals surface area contributed by atoms with Crippen molar-refractivity contribution in [3.63, 3.8) is 0 Å². The van der Waals surface area contributed by atoms with Gasteiger partial charge in [-0.2, -0.15) is 0 Å². The highest BCUT2D eigenvalue weighted by Gasteiger charge is 2.23. The second-order valence-electron chi connectivity index (χ2n) is 5.70. The van der Waals surface area contributed by atoms with Gasteiger partial charge in [-0.15, -0.1) is 0 Å². The van der Waals surface area contributed by atoms with Crippen LogP contribution in [0, 0.1) is 11.2 Å². The molecule has 2 heteroatoms. The van der Waals surface area contributed by atoms with Crippen LogP contribution in [-0.2, 0) is 6.42 Å². The number of halogens is 1. The van der Waals surface area contributed by atoms with Gasteiger partial charge in [0.05, 0.1) is 0 Å². The van der Waals surface area contributed by atoms with Crippen LogP contribution in [-0.4, -0.2) is 12.6 Å². The van der Waals surface area contributed by atoms with Crippen molar-refractivity contribution in [2.75, 3.05) is 6.54 Å². The quantitative estimate of drug-likeness (QED) is 0.821. The third kappa shape index (κ3) is 4.86. The molecule has 1 N–H and O–H groups in total. The maximum atomic E-state index is 12.8. The van der Waals surface area contributed by atoms with Crippen LogP contribution in [0.5, 0.6) is 0 Å². The summed E-state index contributed by atoms with van der Waals surface area (Å²) in [5.74, 6) is -0.164. The molecule has 0 bridgehead atoms. The van der Waals surface area contributed by atoms with E-state index in [1.807, 2.05) is 12.1 Å². The Labute approximate surface area is 104 Å². The van der Waals surface area contributed by atoms with Crippen LogP contribution in [0.15, 0.2) is 24.3 Å². The van der Waals surface area contributed by atoms with Crippen molar-refractivity contribution in [1.29, 1.82) is 0 Å². The van der Waals surface area contributed by atoms with Crippen molar-refractivity contribution in [3.05, 3.63) is 35.6 Å². The van der Waals surface area contributed by atoms with Crippen LogP contribution < -0.4 is 5.32 Å². The van der Waals surface area contributed by atoms with Crippen LogP contribution in [0.1, 0.15) is 39.7 Å². The molecule has 0 heterocycles. The predicted octanol–water partition coefficient (Wildman–Crippen LogP) is 3.78. The number of rotatable bonds is 5. The van der Waals surface area contributed by atoms with Gasteiger partial charge in [0, 0.05) is 6.04 Å². The molecule has 0 spiro atoms. The minimum absolute atomic E-state index is 0.164. The van der Waals surface area contributed by atoms with E-state index in [1.54, 1.807) is 0 Å². The summed E-state index contributed by atoms with van der Waals surface area (Å²) >= 11 is 0. The molecule has 0 saturated carbocycles. The molecule has 0 aliphatic carbocycles. The van der Waals surface area contributed by atoms with Gasteiger partial charge in [0.15, 0.2) is 0 Å². The molecule has 0 amide bonds. The Morgan fingerprint density at radius 3 is 2.24 bits per heavy atom. The number of nitrogens with one attached hydrogen (secondary N) is 1. The van der Waals surface area contributed by atoms with Crippen molar-refractivity contribution >= 4 is 0 Å². The molecular formula is C15H24FN. The summed E-state index contributed by atoms with van der Waals surface area (Å²) in [4.78, 5) is 0. The summed E-state index contributed by atoms with van der Waals surface area (Å²) in [5.41, 5.74) is 1.40. The molecule has 1 unspecified atom stereocenters. The first-order valence-electron chi connectivity index (χ1n) is 6.41. The van der Waals surface area contributed by atoms with Crippen molar-refractivity contribution in [3.8, 4) is 0 Å². The number of hydrogen-bond donors (Lipinski definition) is 1. The van der Waals surface area contributed by atoms with Gasteiger partial charge < -0.3 is 5.32 Å². The van der Waals surface area contributed by atoms with Crippen LogP contribution in [0.25, 0.3) is 0 Å². The van der Waals surface area contributed by atoms with E-state index in [0.29, 0.717) is 6.04 Å². The van der Waals surface area contributed by atoms with Gasteiger partial charge in [-0.1, -0.05) is 39.8 Å². The molecule has 0 aliphatic heterocycles. The third-order valence-corrected chi connectivity index (χ3v) is 3.04. The molecular weight excluding hydrogens is 213 g/mol. The largest absolute Gasteiger partial charge is 0.313 e. The zero-order chi connectivity index (χ0) is 12.9. The highest BCUT2D eigenvalue weighted by molar-refractivity contribution is 5.17. The smallest absolute Gasteiger partial charge is 0.123 e. The van der Waals surface area contributed by atoms with E-state index >= 15 is 0 Å². The summed E-state index contributed by atoms with van der Waals surface area (Å²) in [5, 5.41) is 3.58. The van der Waals surface area contributed by atoms with E-state index in [9.17, 15) is 4.39 Å². The van der Waals surface area contributed by atoms with Crippen molar-refractivity contribution in [2.24, 2.45) is 5.41 Å². The standard InChI is InChI=1S/C15H24FN/c1-5-10-17-14(15(2,3)4)11-12-6-8-13(16)9-7-12/h6-9,14,17H,5,10-11H2,1-4H3. The lowest BCUT2D eigenvalue weighted by Crippen LogP contribution is -2.42. The summed E-state index contributed by atoms with van der Waals surface area (Å²) in [6.07, 6.45) is 2.08. The Balaban J connectivity index is 2.68. The Kier molecular flexibility index (Phi) is 5.13. The molecule has 0 fully saturated rings. The molecule has 0 aromatic heterocycles. The number of hydrogen-bond acceptors (Lipinski definition) is 1. The monoisotopic (exact) mass is 237 g/mol. The van der Waals surface area contributed by atoms with Gasteiger partial charge in [0.2, 0.25) is 0 Å². The average Bonchev–Trinajstić information content (AvgIpc) is 2.25. The third-order valence-electron chi connectivity index (χ3n) is 3.04. The lowest BCUT2D eigenvalue weighted by molar-refractivity contribution is 0.267. The normalized spacial score (nSPS) is 13.7. The Morgan fingerprint density at radius 2 is 1.76 bits per heavy atom. The second-order valence-corrected chi connectivity index (χ2v) is 5.70. The highest BCUT2D eigenvalue weighted by Crippen LogP contribution is 2.22. The molecule has 17 heavy (non-hydrogen) atoms. The van der Waals surface area contributed by atoms with Gasteiger partial charge in [-0.05, 0) is 42.5 Å². The Hall–Kier alpha value is -0.890. The first-order chi connectivity index (χ1) is 7.93. The maximum Gasteiger partial charge on any atom is 0.123 e. The molecule has 0 saturated heterocycles. The predicted molar refractivity (Wildman–Crippen MR) is 71.6 cm³/mol. The van der Waals surface area contributed by atoms with E-state index in [0.717, 1.165) is 19.4 Å². The number of benzene rings is 1. The van der Waals surface area contributed by atoms with E-state index < -0.39 is 0 Å². The van der Waals surface area contributed by atoms with Crippen molar-refractivity contribution in [2.45, 2.75) is 46.6 Å². The fourth-order valence-corrected chi connectivity index (χ4v) is 1.86. The van der Waals surface area contributed by atoms with Crippen molar-refractivity contribution in [1.82, 2.24) is 5.32 Å². The topological polar surface area (TPSA) is 12.0 Å². The first-order valence-corrected chi connectivity index (χ1v) is 6.41.